The van der Waals surface area contributed by atoms with Crippen LogP contribution in [0.4, 0.5) is 5.69 Å². The summed E-state index contributed by atoms with van der Waals surface area (Å²) in [6, 6.07) is 3.77. The second-order valence-corrected chi connectivity index (χ2v) is 4.22. The smallest absolute Gasteiger partial charge is 0.224 e. The number of anilines is 1. The topological polar surface area (TPSA) is 46.2 Å². The van der Waals surface area contributed by atoms with Crippen molar-refractivity contribution >= 4 is 29.0 Å². The van der Waals surface area contributed by atoms with Crippen LogP contribution in [0.1, 0.15) is 27.9 Å². The molecule has 1 aliphatic heterocycles. The number of hydrogen-bond acceptors (Lipinski definition) is 2. The number of amides is 1. The van der Waals surface area contributed by atoms with Gasteiger partial charge in [-0.15, -0.1) is 11.6 Å². The highest BCUT2D eigenvalue weighted by Gasteiger charge is 2.21. The lowest BCUT2D eigenvalue weighted by atomic mass is 9.95. The quantitative estimate of drug-likeness (QED) is 0.634. The second kappa shape index (κ2) is 4.26. The van der Waals surface area contributed by atoms with Crippen molar-refractivity contribution in [3.63, 3.8) is 0 Å². The van der Waals surface area contributed by atoms with E-state index in [4.69, 9.17) is 11.6 Å². The van der Waals surface area contributed by atoms with Gasteiger partial charge in [-0.2, -0.15) is 0 Å². The molecule has 16 heavy (non-hydrogen) atoms. The van der Waals surface area contributed by atoms with Gasteiger partial charge in [0, 0.05) is 12.0 Å². The summed E-state index contributed by atoms with van der Waals surface area (Å²) in [7, 11) is 0. The Kier molecular flexibility index (Phi) is 2.97. The molecular weight excluding hydrogens is 226 g/mol. The molecule has 0 spiro atoms. The first-order chi connectivity index (χ1) is 7.61. The molecule has 1 amide bonds. The first-order valence-electron chi connectivity index (χ1n) is 5.14. The summed E-state index contributed by atoms with van der Waals surface area (Å²) in [5, 5.41) is 2.75. The molecule has 4 heteroatoms. The zero-order chi connectivity index (χ0) is 11.7. The highest BCUT2D eigenvalue weighted by Crippen LogP contribution is 2.28. The molecule has 0 saturated heterocycles. The molecule has 84 valence electrons. The predicted octanol–water partition coefficient (Wildman–Crippen LogP) is 2.30. The molecule has 1 N–H and O–H groups in total. The summed E-state index contributed by atoms with van der Waals surface area (Å²) in [5.74, 6) is -0.255. The third-order valence-electron chi connectivity index (χ3n) is 2.67. The first-order valence-corrected chi connectivity index (χ1v) is 5.68. The Balaban J connectivity index is 2.55. The van der Waals surface area contributed by atoms with Gasteiger partial charge in [0.1, 0.15) is 0 Å². The maximum Gasteiger partial charge on any atom is 0.224 e. The van der Waals surface area contributed by atoms with E-state index in [1.54, 1.807) is 6.07 Å². The first kappa shape index (κ1) is 11.1. The van der Waals surface area contributed by atoms with Crippen molar-refractivity contribution in [1.29, 1.82) is 0 Å². The van der Waals surface area contributed by atoms with E-state index in [0.29, 0.717) is 24.1 Å². The molecule has 0 aliphatic carbocycles. The Morgan fingerprint density at radius 1 is 1.44 bits per heavy atom. The standard InChI is InChI=1S/C12H12ClNO2/c1-7-4-8-2-3-11(16)14-12(8)9(5-7)10(15)6-13/h4-5H,2-3,6H2,1H3,(H,14,16). The Morgan fingerprint density at radius 3 is 2.88 bits per heavy atom. The van der Waals surface area contributed by atoms with Gasteiger partial charge < -0.3 is 5.32 Å². The minimum atomic E-state index is -0.149. The fraction of sp³-hybridized carbons (Fsp3) is 0.333. The van der Waals surface area contributed by atoms with Gasteiger partial charge in [0.2, 0.25) is 5.91 Å². The molecule has 0 bridgehead atoms. The molecule has 1 aliphatic rings. The number of aryl methyl sites for hydroxylation is 2. The predicted molar refractivity (Wildman–Crippen MR) is 63.2 cm³/mol. The molecule has 0 fully saturated rings. The number of halogens is 1. The summed E-state index contributed by atoms with van der Waals surface area (Å²) in [4.78, 5) is 23.0. The van der Waals surface area contributed by atoms with Gasteiger partial charge in [-0.05, 0) is 30.5 Å². The molecule has 1 aromatic rings. The van der Waals surface area contributed by atoms with Crippen molar-refractivity contribution in [3.8, 4) is 0 Å². The number of rotatable bonds is 2. The van der Waals surface area contributed by atoms with Crippen LogP contribution in [0.2, 0.25) is 0 Å². The Hall–Kier alpha value is -1.35. The number of Topliss-reactive ketones (excluding diaryl/α,β-unsaturated/α-hetero) is 1. The largest absolute Gasteiger partial charge is 0.325 e. The van der Waals surface area contributed by atoms with Gasteiger partial charge in [0.25, 0.3) is 0 Å². The summed E-state index contributed by atoms with van der Waals surface area (Å²) in [5.41, 5.74) is 3.21. The van der Waals surface area contributed by atoms with Crippen molar-refractivity contribution < 1.29 is 9.59 Å². The molecule has 1 heterocycles. The SMILES string of the molecule is Cc1cc2c(c(C(=O)CCl)c1)NC(=O)CC2. The molecule has 0 saturated carbocycles. The zero-order valence-corrected chi connectivity index (χ0v) is 9.73. The van der Waals surface area contributed by atoms with Gasteiger partial charge in [-0.3, -0.25) is 9.59 Å². The summed E-state index contributed by atoms with van der Waals surface area (Å²) >= 11 is 5.56. The van der Waals surface area contributed by atoms with E-state index in [1.165, 1.54) is 0 Å². The fourth-order valence-corrected chi connectivity index (χ4v) is 2.09. The molecule has 3 nitrogen and oxygen atoms in total. The minimum Gasteiger partial charge on any atom is -0.325 e. The van der Waals surface area contributed by atoms with Crippen LogP contribution < -0.4 is 5.32 Å². The fourth-order valence-electron chi connectivity index (χ4n) is 1.95. The van der Waals surface area contributed by atoms with E-state index < -0.39 is 0 Å². The van der Waals surface area contributed by atoms with Crippen molar-refractivity contribution in [1.82, 2.24) is 0 Å². The normalized spacial score (nSPS) is 14.2. The number of carbonyl (C=O) groups excluding carboxylic acids is 2. The van der Waals surface area contributed by atoms with Gasteiger partial charge in [0.15, 0.2) is 5.78 Å². The number of alkyl halides is 1. The highest BCUT2D eigenvalue weighted by molar-refractivity contribution is 6.31. The van der Waals surface area contributed by atoms with Crippen LogP contribution in [0.25, 0.3) is 0 Å². The maximum atomic E-state index is 11.7. The van der Waals surface area contributed by atoms with Crippen molar-refractivity contribution in [2.24, 2.45) is 0 Å². The molecular formula is C12H12ClNO2. The Labute approximate surface area is 98.8 Å². The summed E-state index contributed by atoms with van der Waals surface area (Å²) < 4.78 is 0. The molecule has 0 aromatic heterocycles. The number of benzene rings is 1. The average molecular weight is 238 g/mol. The zero-order valence-electron chi connectivity index (χ0n) is 8.97. The molecule has 0 radical (unpaired) electrons. The van der Waals surface area contributed by atoms with Gasteiger partial charge in [0.05, 0.1) is 11.6 Å². The minimum absolute atomic E-state index is 0.0417. The van der Waals surface area contributed by atoms with Gasteiger partial charge in [-0.25, -0.2) is 0 Å². The van der Waals surface area contributed by atoms with Crippen LogP contribution >= 0.6 is 11.6 Å². The molecule has 0 unspecified atom stereocenters. The monoisotopic (exact) mass is 237 g/mol. The van der Waals surface area contributed by atoms with Crippen LogP contribution in [0.15, 0.2) is 12.1 Å². The molecule has 2 rings (SSSR count). The summed E-state index contributed by atoms with van der Waals surface area (Å²) in [6.45, 7) is 1.93. The number of ketones is 1. The summed E-state index contributed by atoms with van der Waals surface area (Å²) in [6.07, 6.45) is 1.16. The Bertz CT molecular complexity index is 468. The lowest BCUT2D eigenvalue weighted by molar-refractivity contribution is -0.116. The number of hydrogen-bond donors (Lipinski definition) is 1. The van der Waals surface area contributed by atoms with Crippen LogP contribution in [-0.4, -0.2) is 17.6 Å². The number of nitrogens with one attached hydrogen (secondary N) is 1. The number of fused-ring (bicyclic) bond motifs is 1. The van der Waals surface area contributed by atoms with E-state index in [-0.39, 0.29) is 17.6 Å². The van der Waals surface area contributed by atoms with Gasteiger partial charge >= 0.3 is 0 Å². The molecule has 1 aromatic carbocycles. The van der Waals surface area contributed by atoms with Crippen LogP contribution in [0.5, 0.6) is 0 Å². The van der Waals surface area contributed by atoms with Crippen LogP contribution in [0.3, 0.4) is 0 Å². The highest BCUT2D eigenvalue weighted by atomic mass is 35.5. The van der Waals surface area contributed by atoms with Crippen molar-refractivity contribution in [2.45, 2.75) is 19.8 Å². The van der Waals surface area contributed by atoms with E-state index in [9.17, 15) is 9.59 Å². The lowest BCUT2D eigenvalue weighted by Gasteiger charge is -2.20. The van der Waals surface area contributed by atoms with E-state index >= 15 is 0 Å². The van der Waals surface area contributed by atoms with Crippen molar-refractivity contribution in [2.75, 3.05) is 11.2 Å². The van der Waals surface area contributed by atoms with Gasteiger partial charge in [-0.1, -0.05) is 6.07 Å². The Morgan fingerprint density at radius 2 is 2.19 bits per heavy atom. The van der Waals surface area contributed by atoms with Crippen LogP contribution in [0, 0.1) is 6.92 Å². The van der Waals surface area contributed by atoms with E-state index in [1.807, 2.05) is 13.0 Å². The third-order valence-corrected chi connectivity index (χ3v) is 2.91. The lowest BCUT2D eigenvalue weighted by Crippen LogP contribution is -2.22. The van der Waals surface area contributed by atoms with E-state index in [2.05, 4.69) is 5.32 Å². The second-order valence-electron chi connectivity index (χ2n) is 3.95. The van der Waals surface area contributed by atoms with Crippen LogP contribution in [-0.2, 0) is 11.2 Å². The maximum absolute atomic E-state index is 11.7. The number of carbonyl (C=O) groups is 2. The average Bonchev–Trinajstić information content (AvgIpc) is 2.27. The molecule has 0 atom stereocenters. The third kappa shape index (κ3) is 1.95. The van der Waals surface area contributed by atoms with Crippen molar-refractivity contribution in [3.05, 3.63) is 28.8 Å². The van der Waals surface area contributed by atoms with E-state index in [0.717, 1.165) is 11.1 Å².